The average Bonchev–Trinajstić information content (AvgIpc) is 3.64. The highest BCUT2D eigenvalue weighted by molar-refractivity contribution is 6.02. The number of benzene rings is 2. The van der Waals surface area contributed by atoms with Crippen molar-refractivity contribution in [1.29, 1.82) is 0 Å². The van der Waals surface area contributed by atoms with Crippen LogP contribution in [-0.4, -0.2) is 68.0 Å². The van der Waals surface area contributed by atoms with Crippen LogP contribution in [0.15, 0.2) is 52.9 Å². The van der Waals surface area contributed by atoms with Gasteiger partial charge in [-0.3, -0.25) is 9.59 Å². The first-order chi connectivity index (χ1) is 19.0. The second-order valence-electron chi connectivity index (χ2n) is 11.2. The summed E-state index contributed by atoms with van der Waals surface area (Å²) < 4.78 is 17.3. The van der Waals surface area contributed by atoms with Crippen LogP contribution in [-0.2, 0) is 14.9 Å². The van der Waals surface area contributed by atoms with Gasteiger partial charge in [-0.25, -0.2) is 0 Å². The zero-order valence-corrected chi connectivity index (χ0v) is 21.9. The fraction of sp³-hybridized carbons (Fsp3) is 0.448. The molecule has 1 unspecified atom stereocenters. The molecule has 2 aromatic carbocycles. The summed E-state index contributed by atoms with van der Waals surface area (Å²) in [7, 11) is 1.70. The van der Waals surface area contributed by atoms with E-state index in [-0.39, 0.29) is 23.8 Å². The molecule has 202 valence electrons. The number of hydrogen-bond acceptors (Lipinski definition) is 8. The van der Waals surface area contributed by atoms with Gasteiger partial charge in [0.15, 0.2) is 0 Å². The van der Waals surface area contributed by atoms with Crippen molar-refractivity contribution >= 4 is 23.2 Å². The molecule has 4 heterocycles. The molecule has 0 radical (unpaired) electrons. The van der Waals surface area contributed by atoms with Crippen molar-refractivity contribution in [2.45, 2.75) is 37.1 Å². The number of amides is 2. The third-order valence-electron chi connectivity index (χ3n) is 8.72. The number of carbonyl (C=O) groups is 2. The fourth-order valence-electron chi connectivity index (χ4n) is 6.09. The van der Waals surface area contributed by atoms with Crippen LogP contribution < -0.4 is 19.9 Å². The minimum absolute atomic E-state index is 0.00301. The third-order valence-corrected chi connectivity index (χ3v) is 8.72. The summed E-state index contributed by atoms with van der Waals surface area (Å²) in [6.07, 6.45) is 3.94. The van der Waals surface area contributed by atoms with Crippen LogP contribution in [0.25, 0.3) is 0 Å². The Morgan fingerprint density at radius 2 is 1.79 bits per heavy atom. The Kier molecular flexibility index (Phi) is 5.62. The minimum Gasteiger partial charge on any atom is -0.489 e. The third kappa shape index (κ3) is 4.14. The number of nitrogens with one attached hydrogen (secondary N) is 1. The summed E-state index contributed by atoms with van der Waals surface area (Å²) in [5.74, 6) is -0.000869. The number of anilines is 2. The van der Waals surface area contributed by atoms with Gasteiger partial charge in [0.25, 0.3) is 5.91 Å². The number of fused-ring (bicyclic) bond motifs is 1. The van der Waals surface area contributed by atoms with Crippen LogP contribution in [0.3, 0.4) is 0 Å². The van der Waals surface area contributed by atoms with Gasteiger partial charge in [0.05, 0.1) is 11.1 Å². The summed E-state index contributed by atoms with van der Waals surface area (Å²) in [4.78, 5) is 30.3. The van der Waals surface area contributed by atoms with Crippen molar-refractivity contribution in [3.8, 4) is 5.75 Å². The molecule has 1 N–H and O–H groups in total. The number of nitrogens with zero attached hydrogens (tertiary/aromatic N) is 4. The van der Waals surface area contributed by atoms with Crippen molar-refractivity contribution in [3.63, 3.8) is 0 Å². The quantitative estimate of drug-likeness (QED) is 0.537. The van der Waals surface area contributed by atoms with E-state index in [0.29, 0.717) is 22.7 Å². The second-order valence-corrected chi connectivity index (χ2v) is 11.2. The van der Waals surface area contributed by atoms with Crippen molar-refractivity contribution < 1.29 is 23.5 Å². The molecule has 1 spiro atoms. The van der Waals surface area contributed by atoms with Crippen LogP contribution in [0.5, 0.6) is 5.75 Å². The molecule has 2 amide bonds. The van der Waals surface area contributed by atoms with Crippen LogP contribution in [0.1, 0.15) is 47.8 Å². The van der Waals surface area contributed by atoms with Crippen LogP contribution in [0.2, 0.25) is 0 Å². The number of rotatable bonds is 5. The molecule has 0 bridgehead atoms. The topological polar surface area (TPSA) is 110 Å². The molecular formula is C29H31N5O5. The lowest BCUT2D eigenvalue weighted by Crippen LogP contribution is -2.58. The number of hydrogen-bond donors (Lipinski definition) is 1. The first-order valence-electron chi connectivity index (χ1n) is 13.5. The van der Waals surface area contributed by atoms with Gasteiger partial charge in [0, 0.05) is 44.5 Å². The van der Waals surface area contributed by atoms with Crippen LogP contribution >= 0.6 is 0 Å². The normalized spacial score (nSPS) is 22.9. The Morgan fingerprint density at radius 3 is 2.54 bits per heavy atom. The highest BCUT2D eigenvalue weighted by Gasteiger charge is 2.51. The van der Waals surface area contributed by atoms with E-state index in [1.54, 1.807) is 11.9 Å². The summed E-state index contributed by atoms with van der Waals surface area (Å²) in [5, 5.41) is 10.9. The number of carbonyl (C=O) groups excluding carboxylic acids is 2. The summed E-state index contributed by atoms with van der Waals surface area (Å²) >= 11 is 0. The Balaban J connectivity index is 1.03. The van der Waals surface area contributed by atoms with Gasteiger partial charge >= 0.3 is 11.8 Å². The van der Waals surface area contributed by atoms with Gasteiger partial charge < -0.3 is 29.0 Å². The summed E-state index contributed by atoms with van der Waals surface area (Å²) in [5.41, 5.74) is 2.83. The smallest absolute Gasteiger partial charge is 0.309 e. The van der Waals surface area contributed by atoms with E-state index in [0.717, 1.165) is 63.2 Å². The molecule has 1 aliphatic carbocycles. The Hall–Kier alpha value is -3.92. The van der Waals surface area contributed by atoms with Crippen molar-refractivity contribution in [3.05, 3.63) is 65.9 Å². The van der Waals surface area contributed by atoms with Gasteiger partial charge in [0.1, 0.15) is 18.4 Å². The van der Waals surface area contributed by atoms with E-state index < -0.39 is 11.9 Å². The molecule has 4 aliphatic rings. The molecule has 10 heteroatoms. The van der Waals surface area contributed by atoms with E-state index in [4.69, 9.17) is 13.9 Å². The molecule has 3 aromatic rings. The zero-order valence-electron chi connectivity index (χ0n) is 21.9. The van der Waals surface area contributed by atoms with Crippen LogP contribution in [0.4, 0.5) is 11.4 Å². The summed E-state index contributed by atoms with van der Waals surface area (Å²) in [6.45, 7) is 3.64. The number of likely N-dealkylation sites (N-methyl/N-ethyl adjacent to an activating group) is 1. The largest absolute Gasteiger partial charge is 0.489 e. The lowest BCUT2D eigenvalue weighted by atomic mass is 9.73. The van der Waals surface area contributed by atoms with Gasteiger partial charge in [-0.2, -0.15) is 0 Å². The molecule has 1 saturated carbocycles. The van der Waals surface area contributed by atoms with Gasteiger partial charge in [-0.1, -0.05) is 30.3 Å². The van der Waals surface area contributed by atoms with Crippen molar-refractivity contribution in [2.24, 2.45) is 5.41 Å². The molecule has 7 rings (SSSR count). The van der Waals surface area contributed by atoms with Gasteiger partial charge in [-0.05, 0) is 49.4 Å². The second kappa shape index (κ2) is 9.08. The maximum Gasteiger partial charge on any atom is 0.309 e. The first kappa shape index (κ1) is 24.1. The maximum atomic E-state index is 13.4. The molecule has 3 fully saturated rings. The van der Waals surface area contributed by atoms with Gasteiger partial charge in [-0.15, -0.1) is 10.2 Å². The highest BCUT2D eigenvalue weighted by atomic mass is 16.5. The standard InChI is InChI=1S/C29H31N5O5/c1-33-22-15-20(34-17-28(18-34)11-13-37-14-12-28)7-8-23(22)38-16-21(26(33)36)30-24(35)25-31-32-27(39-25)29(9-10-29)19-5-3-2-4-6-19/h2-8,15,21H,9-14,16-18H2,1H3,(H,30,35). The highest BCUT2D eigenvalue weighted by Crippen LogP contribution is 2.52. The Labute approximate surface area is 226 Å². The Morgan fingerprint density at radius 1 is 1.03 bits per heavy atom. The fourth-order valence-corrected chi connectivity index (χ4v) is 6.09. The lowest BCUT2D eigenvalue weighted by molar-refractivity contribution is -0.120. The van der Waals surface area contributed by atoms with Crippen molar-refractivity contribution in [1.82, 2.24) is 15.5 Å². The SMILES string of the molecule is CN1C(=O)C(NC(=O)c2nnc(C3(c4ccccc4)CC3)o2)COc2ccc(N3CC4(CCOCC4)C3)cc21. The number of aromatic nitrogens is 2. The molecule has 3 aliphatic heterocycles. The van der Waals surface area contributed by atoms with E-state index in [9.17, 15) is 9.59 Å². The molecule has 1 aromatic heterocycles. The molecule has 1 atom stereocenters. The lowest BCUT2D eigenvalue weighted by Gasteiger charge is -2.53. The van der Waals surface area contributed by atoms with Gasteiger partial charge in [0.2, 0.25) is 5.89 Å². The zero-order chi connectivity index (χ0) is 26.6. The predicted octanol–water partition coefficient (Wildman–Crippen LogP) is 2.92. The van der Waals surface area contributed by atoms with E-state index >= 15 is 0 Å². The maximum absolute atomic E-state index is 13.4. The first-order valence-corrected chi connectivity index (χ1v) is 13.5. The Bertz CT molecular complexity index is 1400. The van der Waals surface area contributed by atoms with Crippen molar-refractivity contribution in [2.75, 3.05) is 49.8 Å². The molecule has 39 heavy (non-hydrogen) atoms. The van der Waals surface area contributed by atoms with E-state index in [2.05, 4.69) is 20.4 Å². The summed E-state index contributed by atoms with van der Waals surface area (Å²) in [6, 6.07) is 15.0. The minimum atomic E-state index is -0.896. The monoisotopic (exact) mass is 529 g/mol. The molecule has 2 saturated heterocycles. The average molecular weight is 530 g/mol. The number of ether oxygens (including phenoxy) is 2. The van der Waals surface area contributed by atoms with E-state index in [1.807, 2.05) is 48.5 Å². The molecule has 10 nitrogen and oxygen atoms in total. The molecular weight excluding hydrogens is 498 g/mol. The predicted molar refractivity (Wildman–Crippen MR) is 142 cm³/mol. The van der Waals surface area contributed by atoms with E-state index in [1.165, 1.54) is 0 Å². The van der Waals surface area contributed by atoms with Crippen LogP contribution in [0, 0.1) is 5.41 Å².